The number of methoxy groups -OCH3 is 1. The largest absolute Gasteiger partial charge is 0.494 e. The normalized spacial score (nSPS) is 17.0. The van der Waals surface area contributed by atoms with Crippen LogP contribution in [-0.2, 0) is 11.2 Å². The van der Waals surface area contributed by atoms with E-state index >= 15 is 0 Å². The Labute approximate surface area is 206 Å². The highest BCUT2D eigenvalue weighted by Crippen LogP contribution is 2.38. The van der Waals surface area contributed by atoms with Crippen molar-refractivity contribution in [2.75, 3.05) is 63.6 Å². The number of piperazine rings is 1. The third-order valence-corrected chi connectivity index (χ3v) is 6.79. The number of ether oxygens (including phenoxy) is 1. The number of rotatable bonds is 6. The average Bonchev–Trinajstić information content (AvgIpc) is 2.89. The molecule has 0 radical (unpaired) electrons. The smallest absolute Gasteiger partial charge is 0.248 e. The van der Waals surface area contributed by atoms with Crippen molar-refractivity contribution in [2.45, 2.75) is 12.8 Å². The van der Waals surface area contributed by atoms with Crippen molar-refractivity contribution in [1.82, 2.24) is 19.8 Å². The fourth-order valence-corrected chi connectivity index (χ4v) is 4.82. The average molecular weight is 473 g/mol. The number of aryl methyl sites for hydroxylation is 1. The lowest BCUT2D eigenvalue weighted by atomic mass is 10.0. The number of carbonyl (C=O) groups excluding carboxylic acids is 1. The van der Waals surface area contributed by atoms with Gasteiger partial charge in [0.05, 0.1) is 18.3 Å². The maximum Gasteiger partial charge on any atom is 0.248 e. The molecule has 5 rings (SSSR count). The first kappa shape index (κ1) is 23.3. The lowest BCUT2D eigenvalue weighted by molar-refractivity contribution is -0.111. The zero-order chi connectivity index (χ0) is 24.2. The molecule has 8 heteroatoms. The summed E-state index contributed by atoms with van der Waals surface area (Å²) < 4.78 is 5.58. The van der Waals surface area contributed by atoms with Gasteiger partial charge < -0.3 is 19.9 Å². The number of anilines is 3. The first-order chi connectivity index (χ1) is 17.1. The summed E-state index contributed by atoms with van der Waals surface area (Å²) in [6.45, 7) is 5.79. The van der Waals surface area contributed by atoms with Crippen LogP contribution in [0, 0.1) is 0 Å². The minimum Gasteiger partial charge on any atom is -0.494 e. The number of carbonyl (C=O) groups is 1. The number of benzene rings is 2. The van der Waals surface area contributed by atoms with Crippen molar-refractivity contribution in [3.05, 3.63) is 60.4 Å². The summed E-state index contributed by atoms with van der Waals surface area (Å²) in [5.41, 5.74) is 3.87. The van der Waals surface area contributed by atoms with Crippen LogP contribution in [0.5, 0.6) is 5.75 Å². The highest BCUT2D eigenvalue weighted by Gasteiger charge is 2.22. The third kappa shape index (κ3) is 5.13. The Kier molecular flexibility index (Phi) is 6.92. The fraction of sp³-hybridized carbons (Fsp3) is 0.370. The highest BCUT2D eigenvalue weighted by atomic mass is 16.5. The number of aromatic nitrogens is 2. The van der Waals surface area contributed by atoms with Crippen LogP contribution >= 0.6 is 0 Å². The number of para-hydroxylation sites is 1. The first-order valence-corrected chi connectivity index (χ1v) is 12.2. The molecular formula is C27H32N6O2. The molecule has 1 saturated heterocycles. The van der Waals surface area contributed by atoms with Crippen molar-refractivity contribution < 1.29 is 9.53 Å². The summed E-state index contributed by atoms with van der Waals surface area (Å²) >= 11 is 0. The zero-order valence-electron chi connectivity index (χ0n) is 20.4. The van der Waals surface area contributed by atoms with Gasteiger partial charge in [-0.3, -0.25) is 9.69 Å². The van der Waals surface area contributed by atoms with E-state index in [1.165, 1.54) is 11.3 Å². The summed E-state index contributed by atoms with van der Waals surface area (Å²) in [6.07, 6.45) is 7.23. The minimum atomic E-state index is -0.182. The van der Waals surface area contributed by atoms with Crippen LogP contribution in [-0.4, -0.2) is 79.1 Å². The van der Waals surface area contributed by atoms with Crippen molar-refractivity contribution in [2.24, 2.45) is 0 Å². The number of hydrogen-bond acceptors (Lipinski definition) is 7. The van der Waals surface area contributed by atoms with Gasteiger partial charge in [-0.25, -0.2) is 9.97 Å². The highest BCUT2D eigenvalue weighted by molar-refractivity contribution is 6.03. The van der Waals surface area contributed by atoms with Crippen molar-refractivity contribution in [1.29, 1.82) is 0 Å². The standard InChI is InChI=1S/C27H32N6O2/c1-31-13-15-32(16-14-31)11-6-10-26(34)30-23-17-21-22(18-25(23)35-2)28-19-29-27(21)33-12-5-8-20-7-3-4-9-24(20)33/h3-4,6-7,9-10,17-19H,5,8,11-16H2,1-2H3,(H,30,34)/b10-6+. The van der Waals surface area contributed by atoms with E-state index < -0.39 is 0 Å². The Morgan fingerprint density at radius 3 is 2.77 bits per heavy atom. The van der Waals surface area contributed by atoms with Crippen LogP contribution in [0.1, 0.15) is 12.0 Å². The lowest BCUT2D eigenvalue weighted by Crippen LogP contribution is -2.44. The SMILES string of the molecule is COc1cc2ncnc(N3CCCc4ccccc43)c2cc1NC(=O)/C=C/CN1CCN(C)CC1. The molecule has 35 heavy (non-hydrogen) atoms. The zero-order valence-corrected chi connectivity index (χ0v) is 20.4. The molecule has 1 amide bonds. The van der Waals surface area contributed by atoms with E-state index in [4.69, 9.17) is 4.74 Å². The van der Waals surface area contributed by atoms with Crippen LogP contribution in [0.25, 0.3) is 10.9 Å². The Morgan fingerprint density at radius 2 is 1.94 bits per heavy atom. The molecular weight excluding hydrogens is 440 g/mol. The Bertz CT molecular complexity index is 1240. The number of likely N-dealkylation sites (N-methyl/N-ethyl adjacent to an activating group) is 1. The van der Waals surface area contributed by atoms with E-state index in [0.717, 1.165) is 68.8 Å². The lowest BCUT2D eigenvalue weighted by Gasteiger charge is -2.31. The van der Waals surface area contributed by atoms with Gasteiger partial charge in [0.2, 0.25) is 5.91 Å². The van der Waals surface area contributed by atoms with Gasteiger partial charge in [0, 0.05) is 62.5 Å². The van der Waals surface area contributed by atoms with Gasteiger partial charge in [0.25, 0.3) is 0 Å². The predicted molar refractivity (Wildman–Crippen MR) is 140 cm³/mol. The molecule has 1 aromatic heterocycles. The van der Waals surface area contributed by atoms with Gasteiger partial charge in [0.1, 0.15) is 17.9 Å². The number of nitrogens with zero attached hydrogens (tertiary/aromatic N) is 5. The van der Waals surface area contributed by atoms with E-state index in [-0.39, 0.29) is 5.91 Å². The molecule has 1 N–H and O–H groups in total. The Balaban J connectivity index is 1.39. The fourth-order valence-electron chi connectivity index (χ4n) is 4.82. The predicted octanol–water partition coefficient (Wildman–Crippen LogP) is 3.46. The van der Waals surface area contributed by atoms with Crippen LogP contribution in [0.3, 0.4) is 0 Å². The van der Waals surface area contributed by atoms with E-state index in [0.29, 0.717) is 11.4 Å². The Morgan fingerprint density at radius 1 is 1.11 bits per heavy atom. The first-order valence-electron chi connectivity index (χ1n) is 12.2. The molecule has 0 atom stereocenters. The molecule has 3 aromatic rings. The maximum atomic E-state index is 12.7. The molecule has 0 unspecified atom stereocenters. The monoisotopic (exact) mass is 472 g/mol. The molecule has 1 fully saturated rings. The number of amides is 1. The van der Waals surface area contributed by atoms with Gasteiger partial charge in [0.15, 0.2) is 0 Å². The molecule has 3 heterocycles. The second kappa shape index (κ2) is 10.4. The minimum absolute atomic E-state index is 0.182. The van der Waals surface area contributed by atoms with Crippen LogP contribution in [0.15, 0.2) is 54.9 Å². The van der Waals surface area contributed by atoms with Crippen LogP contribution < -0.4 is 15.0 Å². The van der Waals surface area contributed by atoms with Crippen LogP contribution in [0.2, 0.25) is 0 Å². The second-order valence-electron chi connectivity index (χ2n) is 9.15. The van der Waals surface area contributed by atoms with Gasteiger partial charge >= 0.3 is 0 Å². The quantitative estimate of drug-likeness (QED) is 0.551. The van der Waals surface area contributed by atoms with Gasteiger partial charge in [-0.15, -0.1) is 0 Å². The van der Waals surface area contributed by atoms with Crippen molar-refractivity contribution in [3.63, 3.8) is 0 Å². The second-order valence-corrected chi connectivity index (χ2v) is 9.15. The molecule has 2 aliphatic heterocycles. The van der Waals surface area contributed by atoms with Gasteiger partial charge in [-0.1, -0.05) is 24.3 Å². The van der Waals surface area contributed by atoms with Crippen molar-refractivity contribution >= 4 is 34.0 Å². The molecule has 0 saturated carbocycles. The maximum absolute atomic E-state index is 12.7. The van der Waals surface area contributed by atoms with E-state index in [1.807, 2.05) is 18.2 Å². The number of hydrogen-bond donors (Lipinski definition) is 1. The molecule has 0 spiro atoms. The van der Waals surface area contributed by atoms with Crippen LogP contribution in [0.4, 0.5) is 17.2 Å². The van der Waals surface area contributed by atoms with E-state index in [2.05, 4.69) is 61.3 Å². The summed E-state index contributed by atoms with van der Waals surface area (Å²) in [5, 5.41) is 3.87. The molecule has 0 aliphatic carbocycles. The molecule has 2 aliphatic rings. The number of fused-ring (bicyclic) bond motifs is 2. The molecule has 0 bridgehead atoms. The summed E-state index contributed by atoms with van der Waals surface area (Å²) in [5.74, 6) is 1.23. The number of nitrogens with one attached hydrogen (secondary N) is 1. The van der Waals surface area contributed by atoms with Gasteiger partial charge in [-0.05, 0) is 37.6 Å². The van der Waals surface area contributed by atoms with E-state index in [1.54, 1.807) is 19.5 Å². The molecule has 182 valence electrons. The summed E-state index contributed by atoms with van der Waals surface area (Å²) in [7, 11) is 3.74. The Hall–Kier alpha value is -3.49. The molecule has 8 nitrogen and oxygen atoms in total. The topological polar surface area (TPSA) is 73.8 Å². The summed E-state index contributed by atoms with van der Waals surface area (Å²) in [6, 6.07) is 12.2. The third-order valence-electron chi connectivity index (χ3n) is 6.79. The summed E-state index contributed by atoms with van der Waals surface area (Å²) in [4.78, 5) is 28.8. The van der Waals surface area contributed by atoms with E-state index in [9.17, 15) is 4.79 Å². The molecule has 2 aromatic carbocycles. The van der Waals surface area contributed by atoms with Gasteiger partial charge in [-0.2, -0.15) is 0 Å². The van der Waals surface area contributed by atoms with Crippen molar-refractivity contribution in [3.8, 4) is 5.75 Å².